The molecule has 0 saturated heterocycles. The SMILES string of the molecule is O=C(Nc1ccccc1F)C(c1ccccc1)C1CC1. The van der Waals surface area contributed by atoms with Crippen LogP contribution in [0.3, 0.4) is 0 Å². The Hall–Kier alpha value is -2.16. The fourth-order valence-corrected chi connectivity index (χ4v) is 2.50. The summed E-state index contributed by atoms with van der Waals surface area (Å²) in [5, 5.41) is 2.72. The number of benzene rings is 2. The summed E-state index contributed by atoms with van der Waals surface area (Å²) < 4.78 is 13.6. The second-order valence-corrected chi connectivity index (χ2v) is 5.19. The monoisotopic (exact) mass is 269 g/mol. The Balaban J connectivity index is 1.82. The van der Waals surface area contributed by atoms with Crippen molar-refractivity contribution in [2.45, 2.75) is 18.8 Å². The fraction of sp³-hybridized carbons (Fsp3) is 0.235. The summed E-state index contributed by atoms with van der Waals surface area (Å²) >= 11 is 0. The van der Waals surface area contributed by atoms with Gasteiger partial charge in [-0.1, -0.05) is 42.5 Å². The third-order valence-electron chi connectivity index (χ3n) is 3.67. The van der Waals surface area contributed by atoms with E-state index in [0.29, 0.717) is 5.92 Å². The van der Waals surface area contributed by atoms with Crippen LogP contribution in [0.4, 0.5) is 10.1 Å². The molecule has 0 aliphatic heterocycles. The first-order valence-electron chi connectivity index (χ1n) is 6.86. The van der Waals surface area contributed by atoms with E-state index in [0.717, 1.165) is 18.4 Å². The van der Waals surface area contributed by atoms with Gasteiger partial charge in [0.2, 0.25) is 5.91 Å². The molecule has 0 aromatic heterocycles. The van der Waals surface area contributed by atoms with E-state index in [2.05, 4.69) is 5.32 Å². The molecular formula is C17H16FNO. The molecule has 0 bridgehead atoms. The molecule has 1 atom stereocenters. The first-order valence-corrected chi connectivity index (χ1v) is 6.86. The Morgan fingerprint density at radius 1 is 1.05 bits per heavy atom. The van der Waals surface area contributed by atoms with Crippen molar-refractivity contribution in [1.29, 1.82) is 0 Å². The Kier molecular flexibility index (Phi) is 3.50. The molecule has 1 saturated carbocycles. The summed E-state index contributed by atoms with van der Waals surface area (Å²) in [6, 6.07) is 16.0. The Labute approximate surface area is 117 Å². The predicted molar refractivity (Wildman–Crippen MR) is 76.9 cm³/mol. The van der Waals surface area contributed by atoms with E-state index in [1.807, 2.05) is 30.3 Å². The van der Waals surface area contributed by atoms with Crippen LogP contribution in [-0.4, -0.2) is 5.91 Å². The van der Waals surface area contributed by atoms with E-state index in [1.54, 1.807) is 18.2 Å². The molecule has 0 heterocycles. The maximum absolute atomic E-state index is 13.6. The summed E-state index contributed by atoms with van der Waals surface area (Å²) in [7, 11) is 0. The molecule has 1 amide bonds. The van der Waals surface area contributed by atoms with Crippen molar-refractivity contribution in [3.05, 3.63) is 66.0 Å². The van der Waals surface area contributed by atoms with Gasteiger partial charge in [-0.05, 0) is 36.5 Å². The standard InChI is InChI=1S/C17H16FNO/c18-14-8-4-5-9-15(14)19-17(20)16(13-10-11-13)12-6-2-1-3-7-12/h1-9,13,16H,10-11H2,(H,19,20). The largest absolute Gasteiger partial charge is 0.323 e. The molecule has 2 aromatic carbocycles. The predicted octanol–water partition coefficient (Wildman–Crippen LogP) is 3.96. The van der Waals surface area contributed by atoms with Crippen LogP contribution in [0.5, 0.6) is 0 Å². The number of anilines is 1. The van der Waals surface area contributed by atoms with E-state index in [9.17, 15) is 9.18 Å². The number of carbonyl (C=O) groups is 1. The van der Waals surface area contributed by atoms with Gasteiger partial charge in [0.05, 0.1) is 11.6 Å². The van der Waals surface area contributed by atoms with Crippen LogP contribution in [-0.2, 0) is 4.79 Å². The van der Waals surface area contributed by atoms with E-state index in [4.69, 9.17) is 0 Å². The molecule has 0 spiro atoms. The molecule has 20 heavy (non-hydrogen) atoms. The van der Waals surface area contributed by atoms with Gasteiger partial charge in [-0.3, -0.25) is 4.79 Å². The third-order valence-corrected chi connectivity index (χ3v) is 3.67. The molecule has 1 aliphatic carbocycles. The summed E-state index contributed by atoms with van der Waals surface area (Å²) in [5.74, 6) is -0.327. The average Bonchev–Trinajstić information content (AvgIpc) is 3.28. The van der Waals surface area contributed by atoms with Crippen LogP contribution >= 0.6 is 0 Å². The van der Waals surface area contributed by atoms with Crippen LogP contribution in [0.2, 0.25) is 0 Å². The molecule has 1 N–H and O–H groups in total. The number of amides is 1. The van der Waals surface area contributed by atoms with Crippen molar-refractivity contribution in [3.8, 4) is 0 Å². The second kappa shape index (κ2) is 5.45. The third kappa shape index (κ3) is 2.72. The lowest BCUT2D eigenvalue weighted by Gasteiger charge is -2.17. The van der Waals surface area contributed by atoms with Crippen LogP contribution in [0, 0.1) is 11.7 Å². The van der Waals surface area contributed by atoms with Crippen LogP contribution in [0.15, 0.2) is 54.6 Å². The van der Waals surface area contributed by atoms with Gasteiger partial charge >= 0.3 is 0 Å². The quantitative estimate of drug-likeness (QED) is 0.894. The smallest absolute Gasteiger partial charge is 0.232 e. The fourth-order valence-electron chi connectivity index (χ4n) is 2.50. The lowest BCUT2D eigenvalue weighted by molar-refractivity contribution is -0.118. The number of hydrogen-bond acceptors (Lipinski definition) is 1. The normalized spacial score (nSPS) is 15.7. The molecule has 3 heteroatoms. The van der Waals surface area contributed by atoms with Crippen molar-refractivity contribution in [2.75, 3.05) is 5.32 Å². The van der Waals surface area contributed by atoms with Crippen LogP contribution in [0.25, 0.3) is 0 Å². The maximum Gasteiger partial charge on any atom is 0.232 e. The number of halogens is 1. The lowest BCUT2D eigenvalue weighted by atomic mass is 9.93. The molecular weight excluding hydrogens is 253 g/mol. The Bertz CT molecular complexity index is 607. The molecule has 0 radical (unpaired) electrons. The van der Waals surface area contributed by atoms with E-state index in [1.165, 1.54) is 6.07 Å². The highest BCUT2D eigenvalue weighted by molar-refractivity contribution is 5.96. The molecule has 2 aromatic rings. The van der Waals surface area contributed by atoms with Gasteiger partial charge in [0.15, 0.2) is 0 Å². The zero-order valence-corrected chi connectivity index (χ0v) is 11.1. The van der Waals surface area contributed by atoms with Gasteiger partial charge in [0.25, 0.3) is 0 Å². The van der Waals surface area contributed by atoms with Crippen LogP contribution < -0.4 is 5.32 Å². The molecule has 2 nitrogen and oxygen atoms in total. The Morgan fingerprint density at radius 3 is 2.35 bits per heavy atom. The maximum atomic E-state index is 13.6. The minimum absolute atomic E-state index is 0.121. The molecule has 1 fully saturated rings. The highest BCUT2D eigenvalue weighted by atomic mass is 19.1. The summed E-state index contributed by atoms with van der Waals surface area (Å²) in [4.78, 5) is 12.5. The zero-order valence-electron chi connectivity index (χ0n) is 11.1. The average molecular weight is 269 g/mol. The first kappa shape index (κ1) is 12.9. The number of nitrogens with one attached hydrogen (secondary N) is 1. The number of para-hydroxylation sites is 1. The van der Waals surface area contributed by atoms with Gasteiger partial charge in [-0.2, -0.15) is 0 Å². The number of carbonyl (C=O) groups excluding carboxylic acids is 1. The Morgan fingerprint density at radius 2 is 1.70 bits per heavy atom. The zero-order chi connectivity index (χ0) is 13.9. The van der Waals surface area contributed by atoms with Gasteiger partial charge < -0.3 is 5.32 Å². The highest BCUT2D eigenvalue weighted by Crippen LogP contribution is 2.43. The van der Waals surface area contributed by atoms with Crippen molar-refractivity contribution in [1.82, 2.24) is 0 Å². The van der Waals surface area contributed by atoms with Crippen molar-refractivity contribution in [3.63, 3.8) is 0 Å². The minimum atomic E-state index is -0.400. The lowest BCUT2D eigenvalue weighted by Crippen LogP contribution is -2.23. The van der Waals surface area contributed by atoms with Gasteiger partial charge in [-0.15, -0.1) is 0 Å². The van der Waals surface area contributed by atoms with E-state index in [-0.39, 0.29) is 17.5 Å². The summed E-state index contributed by atoms with van der Waals surface area (Å²) in [6.45, 7) is 0. The van der Waals surface area contributed by atoms with Crippen molar-refractivity contribution in [2.24, 2.45) is 5.92 Å². The van der Waals surface area contributed by atoms with Gasteiger partial charge in [0, 0.05) is 0 Å². The summed E-state index contributed by atoms with van der Waals surface area (Å²) in [5.41, 5.74) is 1.25. The topological polar surface area (TPSA) is 29.1 Å². The molecule has 3 rings (SSSR count). The minimum Gasteiger partial charge on any atom is -0.323 e. The first-order chi connectivity index (χ1) is 9.75. The molecule has 102 valence electrons. The van der Waals surface area contributed by atoms with Crippen LogP contribution in [0.1, 0.15) is 24.3 Å². The molecule has 1 unspecified atom stereocenters. The van der Waals surface area contributed by atoms with Crippen molar-refractivity contribution < 1.29 is 9.18 Å². The van der Waals surface area contributed by atoms with Gasteiger partial charge in [-0.25, -0.2) is 4.39 Å². The molecule has 1 aliphatic rings. The van der Waals surface area contributed by atoms with Gasteiger partial charge in [0.1, 0.15) is 5.82 Å². The van der Waals surface area contributed by atoms with E-state index >= 15 is 0 Å². The number of rotatable bonds is 4. The summed E-state index contributed by atoms with van der Waals surface area (Å²) in [6.07, 6.45) is 2.12. The highest BCUT2D eigenvalue weighted by Gasteiger charge is 2.37. The second-order valence-electron chi connectivity index (χ2n) is 5.19. The van der Waals surface area contributed by atoms with E-state index < -0.39 is 5.82 Å². The van der Waals surface area contributed by atoms with Crippen molar-refractivity contribution >= 4 is 11.6 Å². The number of hydrogen-bond donors (Lipinski definition) is 1.